The van der Waals surface area contributed by atoms with E-state index in [0.29, 0.717) is 25.3 Å². The number of hydrogen-bond acceptors (Lipinski definition) is 6. The predicted octanol–water partition coefficient (Wildman–Crippen LogP) is 3.95. The van der Waals surface area contributed by atoms with Crippen molar-refractivity contribution in [3.8, 4) is 11.5 Å². The highest BCUT2D eigenvalue weighted by Gasteiger charge is 2.14. The van der Waals surface area contributed by atoms with Gasteiger partial charge in [0, 0.05) is 18.8 Å². The van der Waals surface area contributed by atoms with Crippen molar-refractivity contribution in [1.82, 2.24) is 9.97 Å². The van der Waals surface area contributed by atoms with Crippen molar-refractivity contribution in [2.45, 2.75) is 51.1 Å². The van der Waals surface area contributed by atoms with Gasteiger partial charge in [-0.05, 0) is 36.6 Å². The summed E-state index contributed by atoms with van der Waals surface area (Å²) >= 11 is 0. The maximum atomic E-state index is 5.42. The Bertz CT molecular complexity index is 714. The van der Waals surface area contributed by atoms with Crippen molar-refractivity contribution < 1.29 is 9.47 Å². The fourth-order valence-corrected chi connectivity index (χ4v) is 3.38. The van der Waals surface area contributed by atoms with Gasteiger partial charge >= 0.3 is 0 Å². The van der Waals surface area contributed by atoms with Crippen LogP contribution in [0.25, 0.3) is 0 Å². The lowest BCUT2D eigenvalue weighted by Crippen LogP contribution is -2.20. The van der Waals surface area contributed by atoms with E-state index >= 15 is 0 Å². The Labute approximate surface area is 148 Å². The van der Waals surface area contributed by atoms with E-state index in [2.05, 4.69) is 20.6 Å². The number of fused-ring (bicyclic) bond motifs is 1. The third-order valence-electron chi connectivity index (χ3n) is 4.75. The van der Waals surface area contributed by atoms with Crippen molar-refractivity contribution in [3.05, 3.63) is 36.0 Å². The molecule has 1 aromatic heterocycles. The van der Waals surface area contributed by atoms with Crippen LogP contribution in [0.4, 0.5) is 11.8 Å². The van der Waals surface area contributed by atoms with Gasteiger partial charge in [-0.15, -0.1) is 0 Å². The zero-order valence-electron chi connectivity index (χ0n) is 14.3. The highest BCUT2D eigenvalue weighted by Crippen LogP contribution is 2.32. The number of anilines is 2. The molecule has 0 amide bonds. The molecule has 1 aliphatic carbocycles. The van der Waals surface area contributed by atoms with Gasteiger partial charge in [0.05, 0.1) is 0 Å². The predicted molar refractivity (Wildman–Crippen MR) is 97.0 cm³/mol. The van der Waals surface area contributed by atoms with Crippen LogP contribution in [0, 0.1) is 0 Å². The molecule has 2 N–H and O–H groups in total. The summed E-state index contributed by atoms with van der Waals surface area (Å²) < 4.78 is 10.8. The lowest BCUT2D eigenvalue weighted by atomic mass is 10.1. The second-order valence-corrected chi connectivity index (χ2v) is 6.64. The Morgan fingerprint density at radius 2 is 1.84 bits per heavy atom. The summed E-state index contributed by atoms with van der Waals surface area (Å²) in [6.07, 6.45) is 9.48. The van der Waals surface area contributed by atoms with Crippen LogP contribution in [0.5, 0.6) is 11.5 Å². The van der Waals surface area contributed by atoms with Crippen LogP contribution < -0.4 is 20.1 Å². The molecular weight excluding hydrogens is 316 g/mol. The second-order valence-electron chi connectivity index (χ2n) is 6.64. The summed E-state index contributed by atoms with van der Waals surface area (Å²) in [7, 11) is 0. The highest BCUT2D eigenvalue weighted by atomic mass is 16.7. The van der Waals surface area contributed by atoms with Crippen molar-refractivity contribution in [3.63, 3.8) is 0 Å². The van der Waals surface area contributed by atoms with Crippen LogP contribution in [-0.4, -0.2) is 22.8 Å². The molecule has 0 bridgehead atoms. The minimum atomic E-state index is 0.300. The van der Waals surface area contributed by atoms with Gasteiger partial charge in [0.15, 0.2) is 11.5 Å². The second kappa shape index (κ2) is 7.59. The Morgan fingerprint density at radius 3 is 2.72 bits per heavy atom. The molecular formula is C19H24N4O2. The molecule has 1 saturated carbocycles. The third kappa shape index (κ3) is 4.13. The zero-order valence-corrected chi connectivity index (χ0v) is 14.3. The summed E-state index contributed by atoms with van der Waals surface area (Å²) in [4.78, 5) is 8.96. The summed E-state index contributed by atoms with van der Waals surface area (Å²) in [5.41, 5.74) is 1.13. The molecule has 1 fully saturated rings. The number of nitrogens with zero attached hydrogens (tertiary/aromatic N) is 2. The van der Waals surface area contributed by atoms with Crippen LogP contribution in [0.15, 0.2) is 30.5 Å². The van der Waals surface area contributed by atoms with Gasteiger partial charge in [-0.2, -0.15) is 4.98 Å². The van der Waals surface area contributed by atoms with Crippen molar-refractivity contribution in [2.75, 3.05) is 17.4 Å². The molecule has 0 atom stereocenters. The first-order chi connectivity index (χ1) is 12.4. The monoisotopic (exact) mass is 340 g/mol. The molecule has 1 aromatic carbocycles. The maximum Gasteiger partial charge on any atom is 0.231 e. The SMILES string of the molecule is c1cc(NCc2ccc3c(c2)OCO3)nc(NC2CCCCCC2)n1. The van der Waals surface area contributed by atoms with Crippen molar-refractivity contribution in [1.29, 1.82) is 0 Å². The standard InChI is InChI=1S/C19H24N4O2/c1-2-4-6-15(5-3-1)22-19-20-10-9-18(23-19)21-12-14-7-8-16-17(11-14)25-13-24-16/h7-11,15H,1-6,12-13H2,(H2,20,21,22,23). The number of rotatable bonds is 5. The van der Waals surface area contributed by atoms with E-state index in [1.165, 1.54) is 38.5 Å². The molecule has 2 heterocycles. The average molecular weight is 340 g/mol. The number of ether oxygens (including phenoxy) is 2. The molecule has 4 rings (SSSR count). The molecule has 1 aliphatic heterocycles. The minimum absolute atomic E-state index is 0.300. The fraction of sp³-hybridized carbons (Fsp3) is 0.474. The molecule has 25 heavy (non-hydrogen) atoms. The van der Waals surface area contributed by atoms with E-state index < -0.39 is 0 Å². The van der Waals surface area contributed by atoms with Crippen LogP contribution in [0.1, 0.15) is 44.1 Å². The smallest absolute Gasteiger partial charge is 0.231 e. The maximum absolute atomic E-state index is 5.42. The minimum Gasteiger partial charge on any atom is -0.454 e. The molecule has 2 aromatic rings. The van der Waals surface area contributed by atoms with E-state index in [-0.39, 0.29) is 0 Å². The van der Waals surface area contributed by atoms with E-state index in [1.54, 1.807) is 6.20 Å². The number of nitrogens with one attached hydrogen (secondary N) is 2. The Morgan fingerprint density at radius 1 is 1.00 bits per heavy atom. The lowest BCUT2D eigenvalue weighted by molar-refractivity contribution is 0.174. The first-order valence-electron chi connectivity index (χ1n) is 9.09. The van der Waals surface area contributed by atoms with E-state index in [0.717, 1.165) is 22.9 Å². The lowest BCUT2D eigenvalue weighted by Gasteiger charge is -2.16. The molecule has 2 aliphatic rings. The van der Waals surface area contributed by atoms with Crippen molar-refractivity contribution in [2.24, 2.45) is 0 Å². The normalized spacial score (nSPS) is 17.1. The molecule has 132 valence electrons. The van der Waals surface area contributed by atoms with Crippen LogP contribution in [0.2, 0.25) is 0 Å². The summed E-state index contributed by atoms with van der Waals surface area (Å²) in [6, 6.07) is 8.36. The summed E-state index contributed by atoms with van der Waals surface area (Å²) in [6.45, 7) is 0.977. The molecule has 0 saturated heterocycles. The van der Waals surface area contributed by atoms with Crippen LogP contribution in [-0.2, 0) is 6.54 Å². The topological polar surface area (TPSA) is 68.3 Å². The van der Waals surface area contributed by atoms with E-state index in [9.17, 15) is 0 Å². The van der Waals surface area contributed by atoms with Crippen LogP contribution >= 0.6 is 0 Å². The highest BCUT2D eigenvalue weighted by molar-refractivity contribution is 5.46. The van der Waals surface area contributed by atoms with Gasteiger partial charge < -0.3 is 20.1 Å². The Balaban J connectivity index is 1.36. The van der Waals surface area contributed by atoms with Gasteiger partial charge in [-0.25, -0.2) is 4.98 Å². The molecule has 0 unspecified atom stereocenters. The quantitative estimate of drug-likeness (QED) is 0.803. The van der Waals surface area contributed by atoms with Gasteiger partial charge in [0.2, 0.25) is 12.7 Å². The summed E-state index contributed by atoms with van der Waals surface area (Å²) in [5.74, 6) is 3.14. The number of aromatic nitrogens is 2. The fourth-order valence-electron chi connectivity index (χ4n) is 3.38. The van der Waals surface area contributed by atoms with E-state index in [1.807, 2.05) is 24.3 Å². The molecule has 6 nitrogen and oxygen atoms in total. The largest absolute Gasteiger partial charge is 0.454 e. The molecule has 0 radical (unpaired) electrons. The summed E-state index contributed by atoms with van der Waals surface area (Å²) in [5, 5.41) is 6.85. The van der Waals surface area contributed by atoms with Gasteiger partial charge in [0.1, 0.15) is 5.82 Å². The third-order valence-corrected chi connectivity index (χ3v) is 4.75. The first kappa shape index (κ1) is 16.0. The van der Waals surface area contributed by atoms with Gasteiger partial charge in [-0.3, -0.25) is 0 Å². The first-order valence-corrected chi connectivity index (χ1v) is 9.09. The Kier molecular flexibility index (Phi) is 4.86. The van der Waals surface area contributed by atoms with Gasteiger partial charge in [-0.1, -0.05) is 31.7 Å². The van der Waals surface area contributed by atoms with Gasteiger partial charge in [0.25, 0.3) is 0 Å². The van der Waals surface area contributed by atoms with E-state index in [4.69, 9.17) is 9.47 Å². The molecule has 0 spiro atoms. The molecule has 6 heteroatoms. The van der Waals surface area contributed by atoms with Crippen molar-refractivity contribution >= 4 is 11.8 Å². The van der Waals surface area contributed by atoms with Crippen LogP contribution in [0.3, 0.4) is 0 Å². The average Bonchev–Trinajstić information content (AvgIpc) is 2.96. The number of benzene rings is 1. The number of hydrogen-bond donors (Lipinski definition) is 2. The zero-order chi connectivity index (χ0) is 16.9. The Hall–Kier alpha value is -2.50.